The lowest BCUT2D eigenvalue weighted by Gasteiger charge is -2.44. The van der Waals surface area contributed by atoms with E-state index in [0.29, 0.717) is 6.61 Å². The van der Waals surface area contributed by atoms with Crippen LogP contribution >= 0.6 is 0 Å². The summed E-state index contributed by atoms with van der Waals surface area (Å²) in [6, 6.07) is 0. The van der Waals surface area contributed by atoms with E-state index < -0.39 is 0 Å². The Morgan fingerprint density at radius 2 is 1.82 bits per heavy atom. The normalized spacial score (nSPS) is 64.9. The molecule has 0 radical (unpaired) electrons. The van der Waals surface area contributed by atoms with Gasteiger partial charge in [-0.1, -0.05) is 0 Å². The van der Waals surface area contributed by atoms with Gasteiger partial charge in [-0.25, -0.2) is 0 Å². The lowest BCUT2D eigenvalue weighted by Crippen LogP contribution is -2.47. The zero-order chi connectivity index (χ0) is 7.74. The molecule has 2 nitrogen and oxygen atoms in total. The van der Waals surface area contributed by atoms with E-state index in [1.54, 1.807) is 0 Å². The molecule has 62 valence electrons. The lowest BCUT2D eigenvalue weighted by molar-refractivity contribution is -0.108. The van der Waals surface area contributed by atoms with Gasteiger partial charge in [0, 0.05) is 17.4 Å². The highest BCUT2D eigenvalue weighted by molar-refractivity contribution is 5.32. The maximum Gasteiger partial charge on any atom is 0.0710 e. The van der Waals surface area contributed by atoms with Gasteiger partial charge in [0.2, 0.25) is 0 Å². The van der Waals surface area contributed by atoms with Crippen molar-refractivity contribution >= 4 is 0 Å². The van der Waals surface area contributed by atoms with Crippen LogP contribution in [-0.2, 0) is 0 Å². The molecule has 3 rings (SSSR count). The number of aliphatic hydroxyl groups excluding tert-OH is 1. The van der Waals surface area contributed by atoms with E-state index in [0.717, 1.165) is 32.1 Å². The summed E-state index contributed by atoms with van der Waals surface area (Å²) in [7, 11) is 0. The number of hydrogen-bond donors (Lipinski definition) is 2. The fourth-order valence-electron chi connectivity index (χ4n) is 3.68. The van der Waals surface area contributed by atoms with Crippen molar-refractivity contribution in [1.82, 2.24) is 0 Å². The van der Waals surface area contributed by atoms with Gasteiger partial charge in [0.05, 0.1) is 5.60 Å². The molecule has 3 aliphatic rings. The first kappa shape index (κ1) is 6.44. The average molecular weight is 154 g/mol. The first-order chi connectivity index (χ1) is 5.18. The standard InChI is InChI=1S/C9H14O2/c10-6-7-1-3-9(11)4-2-8(7,9)5-7/h10-11H,1-6H2. The molecule has 3 fully saturated rings. The molecule has 0 aromatic rings. The third kappa shape index (κ3) is 0.411. The summed E-state index contributed by atoms with van der Waals surface area (Å²) in [5, 5.41) is 19.2. The van der Waals surface area contributed by atoms with E-state index in [9.17, 15) is 10.2 Å². The highest BCUT2D eigenvalue weighted by Crippen LogP contribution is 2.84. The van der Waals surface area contributed by atoms with Crippen molar-refractivity contribution in [2.45, 2.75) is 37.7 Å². The minimum Gasteiger partial charge on any atom is -0.396 e. The van der Waals surface area contributed by atoms with Gasteiger partial charge in [0.15, 0.2) is 0 Å². The van der Waals surface area contributed by atoms with E-state index in [2.05, 4.69) is 0 Å². The number of rotatable bonds is 1. The van der Waals surface area contributed by atoms with E-state index >= 15 is 0 Å². The van der Waals surface area contributed by atoms with Gasteiger partial charge in [0.25, 0.3) is 0 Å². The first-order valence-corrected chi connectivity index (χ1v) is 4.51. The SMILES string of the molecule is OCC12CCC3(O)CCC31C2. The van der Waals surface area contributed by atoms with E-state index in [4.69, 9.17) is 0 Å². The van der Waals surface area contributed by atoms with Gasteiger partial charge in [-0.05, 0) is 32.1 Å². The largest absolute Gasteiger partial charge is 0.396 e. The third-order valence-electron chi connectivity index (χ3n) is 4.71. The monoisotopic (exact) mass is 154 g/mol. The molecule has 3 aliphatic carbocycles. The van der Waals surface area contributed by atoms with Crippen molar-refractivity contribution in [1.29, 1.82) is 0 Å². The average Bonchev–Trinajstić information content (AvgIpc) is 2.67. The van der Waals surface area contributed by atoms with Crippen LogP contribution in [0.2, 0.25) is 0 Å². The molecule has 0 heterocycles. The molecule has 2 heteroatoms. The van der Waals surface area contributed by atoms with Crippen LogP contribution in [0.1, 0.15) is 32.1 Å². The summed E-state index contributed by atoms with van der Waals surface area (Å²) in [4.78, 5) is 0. The van der Waals surface area contributed by atoms with Gasteiger partial charge in [-0.3, -0.25) is 0 Å². The number of hydrogen-bond acceptors (Lipinski definition) is 2. The lowest BCUT2D eigenvalue weighted by atomic mass is 9.66. The molecule has 1 spiro atoms. The second-order valence-corrected chi connectivity index (χ2v) is 4.73. The van der Waals surface area contributed by atoms with Crippen LogP contribution in [-0.4, -0.2) is 22.4 Å². The minimum atomic E-state index is -0.351. The first-order valence-electron chi connectivity index (χ1n) is 4.51. The summed E-state index contributed by atoms with van der Waals surface area (Å²) in [5.41, 5.74) is 0.00444. The molecular weight excluding hydrogens is 140 g/mol. The van der Waals surface area contributed by atoms with Crippen molar-refractivity contribution in [3.05, 3.63) is 0 Å². The topological polar surface area (TPSA) is 40.5 Å². The van der Waals surface area contributed by atoms with Gasteiger partial charge < -0.3 is 10.2 Å². The Labute approximate surface area is 66.2 Å². The van der Waals surface area contributed by atoms with Crippen LogP contribution in [0.5, 0.6) is 0 Å². The Kier molecular flexibility index (Phi) is 0.807. The molecule has 3 unspecified atom stereocenters. The molecule has 3 atom stereocenters. The highest BCUT2D eigenvalue weighted by Gasteiger charge is 2.83. The Morgan fingerprint density at radius 1 is 1.09 bits per heavy atom. The zero-order valence-corrected chi connectivity index (χ0v) is 6.64. The molecule has 2 N–H and O–H groups in total. The van der Waals surface area contributed by atoms with Crippen LogP contribution in [0.4, 0.5) is 0 Å². The smallest absolute Gasteiger partial charge is 0.0710 e. The van der Waals surface area contributed by atoms with Crippen molar-refractivity contribution in [3.63, 3.8) is 0 Å². The molecule has 0 saturated heterocycles. The molecule has 0 aliphatic heterocycles. The molecule has 3 saturated carbocycles. The van der Waals surface area contributed by atoms with Crippen molar-refractivity contribution in [2.75, 3.05) is 6.61 Å². The maximum atomic E-state index is 10.0. The maximum absolute atomic E-state index is 10.0. The van der Waals surface area contributed by atoms with E-state index in [-0.39, 0.29) is 16.4 Å². The van der Waals surface area contributed by atoms with Crippen LogP contribution < -0.4 is 0 Å². The number of aliphatic hydroxyl groups is 2. The Bertz CT molecular complexity index is 224. The summed E-state index contributed by atoms with van der Waals surface area (Å²) in [6.07, 6.45) is 5.22. The van der Waals surface area contributed by atoms with Crippen molar-refractivity contribution in [3.8, 4) is 0 Å². The van der Waals surface area contributed by atoms with Crippen molar-refractivity contribution in [2.24, 2.45) is 10.8 Å². The summed E-state index contributed by atoms with van der Waals surface area (Å²) >= 11 is 0. The minimum absolute atomic E-state index is 0.167. The van der Waals surface area contributed by atoms with Gasteiger partial charge in [-0.15, -0.1) is 0 Å². The Hall–Kier alpha value is -0.0800. The van der Waals surface area contributed by atoms with E-state index in [1.165, 1.54) is 0 Å². The molecule has 0 aromatic heterocycles. The second kappa shape index (κ2) is 1.38. The van der Waals surface area contributed by atoms with E-state index in [1.807, 2.05) is 0 Å². The van der Waals surface area contributed by atoms with Gasteiger partial charge in [-0.2, -0.15) is 0 Å². The quantitative estimate of drug-likeness (QED) is 0.583. The second-order valence-electron chi connectivity index (χ2n) is 4.73. The fourth-order valence-corrected chi connectivity index (χ4v) is 3.68. The van der Waals surface area contributed by atoms with Crippen LogP contribution in [0.3, 0.4) is 0 Å². The van der Waals surface area contributed by atoms with Crippen LogP contribution in [0.25, 0.3) is 0 Å². The summed E-state index contributed by atoms with van der Waals surface area (Å²) < 4.78 is 0. The third-order valence-corrected chi connectivity index (χ3v) is 4.71. The molecule has 11 heavy (non-hydrogen) atoms. The Balaban J connectivity index is 2.00. The Morgan fingerprint density at radius 3 is 2.09 bits per heavy atom. The molecule has 0 bridgehead atoms. The predicted octanol–water partition coefficient (Wildman–Crippen LogP) is 0.674. The zero-order valence-electron chi connectivity index (χ0n) is 6.64. The van der Waals surface area contributed by atoms with Crippen LogP contribution in [0.15, 0.2) is 0 Å². The summed E-state index contributed by atoms with van der Waals surface area (Å²) in [6.45, 7) is 0.301. The van der Waals surface area contributed by atoms with Crippen LogP contribution in [0, 0.1) is 10.8 Å². The van der Waals surface area contributed by atoms with Crippen molar-refractivity contribution < 1.29 is 10.2 Å². The van der Waals surface area contributed by atoms with Gasteiger partial charge >= 0.3 is 0 Å². The summed E-state index contributed by atoms with van der Waals surface area (Å²) in [5.74, 6) is 0. The molecular formula is C9H14O2. The highest BCUT2D eigenvalue weighted by atomic mass is 16.3. The van der Waals surface area contributed by atoms with Gasteiger partial charge in [0.1, 0.15) is 0 Å². The predicted molar refractivity (Wildman–Crippen MR) is 40.0 cm³/mol. The molecule has 0 aromatic carbocycles. The molecule has 0 amide bonds. The fraction of sp³-hybridized carbons (Fsp3) is 1.00.